The van der Waals surface area contributed by atoms with Gasteiger partial charge in [0.1, 0.15) is 5.75 Å². The van der Waals surface area contributed by atoms with Gasteiger partial charge < -0.3 is 10.8 Å². The van der Waals surface area contributed by atoms with Gasteiger partial charge in [0.25, 0.3) is 0 Å². The minimum atomic E-state index is -0.333. The Kier molecular flexibility index (Phi) is 15.4. The molecule has 1 aromatic rings. The van der Waals surface area contributed by atoms with Gasteiger partial charge in [-0.1, -0.05) is 71.0 Å². The number of amides is 1. The average Bonchev–Trinajstić information content (AvgIpc) is 2.42. The average molecular weight is 330 g/mol. The van der Waals surface area contributed by atoms with Crippen molar-refractivity contribution >= 4 is 17.5 Å². The Bertz CT molecular complexity index is 402. The summed E-state index contributed by atoms with van der Waals surface area (Å²) in [4.78, 5) is 9.22. The second-order valence-electron chi connectivity index (χ2n) is 5.64. The molecular formula is C18H32ClNO2. The van der Waals surface area contributed by atoms with Crippen LogP contribution in [-0.4, -0.2) is 11.0 Å². The van der Waals surface area contributed by atoms with Gasteiger partial charge >= 0.3 is 0 Å². The fraction of sp³-hybridized carbons (Fsp3) is 0.611. The maximum absolute atomic E-state index is 9.22. The van der Waals surface area contributed by atoms with Crippen LogP contribution in [0.3, 0.4) is 0 Å². The summed E-state index contributed by atoms with van der Waals surface area (Å²) in [5, 5.41) is 9.44. The molecule has 1 aromatic carbocycles. The van der Waals surface area contributed by atoms with Gasteiger partial charge in [-0.2, -0.15) is 0 Å². The van der Waals surface area contributed by atoms with Crippen molar-refractivity contribution in [1.29, 1.82) is 0 Å². The molecule has 22 heavy (non-hydrogen) atoms. The number of unbranched alkanes of at least 4 members (excludes halogenated alkanes) is 2. The summed E-state index contributed by atoms with van der Waals surface area (Å²) < 4.78 is 0. The van der Waals surface area contributed by atoms with Crippen molar-refractivity contribution in [2.45, 2.75) is 66.7 Å². The first-order valence-electron chi connectivity index (χ1n) is 7.97. The van der Waals surface area contributed by atoms with Crippen LogP contribution >= 0.6 is 11.6 Å². The zero-order chi connectivity index (χ0) is 17.5. The number of benzene rings is 1. The lowest BCUT2D eigenvalue weighted by Gasteiger charge is -2.00. The highest BCUT2D eigenvalue weighted by Gasteiger charge is 1.96. The Balaban J connectivity index is 0. The minimum absolute atomic E-state index is 0.152. The molecule has 3 nitrogen and oxygen atoms in total. The van der Waals surface area contributed by atoms with Crippen molar-refractivity contribution in [1.82, 2.24) is 0 Å². The standard InChI is InChI=1S/C8H9ClO.C8H18.C2H5NO/c1-2-6-3-4-8(10)7(9)5-6;1-4-5-6-7-8(2)3;1-2(3)4/h3-5,10H,2H2,1H3;8H,4-7H2,1-3H3;1H3,(H2,3,4). The molecule has 0 bridgehead atoms. The molecule has 0 saturated carbocycles. The van der Waals surface area contributed by atoms with Gasteiger partial charge in [-0.15, -0.1) is 0 Å². The van der Waals surface area contributed by atoms with Crippen molar-refractivity contribution in [3.8, 4) is 5.75 Å². The molecule has 4 heteroatoms. The van der Waals surface area contributed by atoms with Crippen LogP contribution in [0, 0.1) is 5.92 Å². The zero-order valence-corrected chi connectivity index (χ0v) is 15.4. The first-order valence-corrected chi connectivity index (χ1v) is 8.35. The lowest BCUT2D eigenvalue weighted by molar-refractivity contribution is -0.115. The molecule has 1 amide bonds. The molecule has 0 spiro atoms. The van der Waals surface area contributed by atoms with Crippen molar-refractivity contribution in [3.05, 3.63) is 28.8 Å². The summed E-state index contributed by atoms with van der Waals surface area (Å²) >= 11 is 5.64. The molecule has 0 radical (unpaired) electrons. The van der Waals surface area contributed by atoms with E-state index in [2.05, 4.69) is 26.5 Å². The molecule has 0 fully saturated rings. The van der Waals surface area contributed by atoms with Gasteiger partial charge in [0.05, 0.1) is 5.02 Å². The number of phenols is 1. The maximum atomic E-state index is 9.22. The monoisotopic (exact) mass is 329 g/mol. The van der Waals surface area contributed by atoms with E-state index in [4.69, 9.17) is 16.7 Å². The molecule has 0 aliphatic rings. The number of nitrogens with two attached hydrogens (primary N) is 1. The van der Waals surface area contributed by atoms with E-state index in [0.29, 0.717) is 5.02 Å². The van der Waals surface area contributed by atoms with Crippen LogP contribution in [0.25, 0.3) is 0 Å². The summed E-state index contributed by atoms with van der Waals surface area (Å²) in [5.74, 6) is 0.723. The van der Waals surface area contributed by atoms with E-state index in [1.807, 2.05) is 13.0 Å². The predicted octanol–water partition coefficient (Wildman–Crippen LogP) is 5.32. The molecule has 128 valence electrons. The Hall–Kier alpha value is -1.22. The Labute approximate surface area is 140 Å². The number of hydrogen-bond donors (Lipinski definition) is 2. The molecular weight excluding hydrogens is 298 g/mol. The maximum Gasteiger partial charge on any atom is 0.214 e. The summed E-state index contributed by atoms with van der Waals surface area (Å²) in [7, 11) is 0. The van der Waals surface area contributed by atoms with E-state index in [9.17, 15) is 4.79 Å². The van der Waals surface area contributed by atoms with Crippen LogP contribution in [0.5, 0.6) is 5.75 Å². The smallest absolute Gasteiger partial charge is 0.214 e. The quantitative estimate of drug-likeness (QED) is 0.718. The highest BCUT2D eigenvalue weighted by molar-refractivity contribution is 6.32. The minimum Gasteiger partial charge on any atom is -0.506 e. The van der Waals surface area contributed by atoms with Gasteiger partial charge in [0.15, 0.2) is 0 Å². The number of carbonyl (C=O) groups is 1. The summed E-state index contributed by atoms with van der Waals surface area (Å²) in [6, 6.07) is 5.25. The number of phenolic OH excluding ortho intramolecular Hbond substituents is 1. The van der Waals surface area contributed by atoms with Gasteiger partial charge in [0.2, 0.25) is 5.91 Å². The number of hydrogen-bond acceptors (Lipinski definition) is 2. The third kappa shape index (κ3) is 16.8. The SMILES string of the molecule is CC(N)=O.CCCCCC(C)C.CCc1ccc(O)c(Cl)c1. The molecule has 0 saturated heterocycles. The highest BCUT2D eigenvalue weighted by atomic mass is 35.5. The Morgan fingerprint density at radius 3 is 2.18 bits per heavy atom. The third-order valence-corrected chi connectivity index (χ3v) is 3.11. The van der Waals surface area contributed by atoms with Crippen LogP contribution in [0.4, 0.5) is 0 Å². The molecule has 0 aromatic heterocycles. The van der Waals surface area contributed by atoms with E-state index in [1.54, 1.807) is 12.1 Å². The van der Waals surface area contributed by atoms with Crippen LogP contribution in [0.2, 0.25) is 5.02 Å². The molecule has 0 unspecified atom stereocenters. The van der Waals surface area contributed by atoms with Gasteiger partial charge in [0, 0.05) is 6.92 Å². The topological polar surface area (TPSA) is 63.3 Å². The van der Waals surface area contributed by atoms with E-state index < -0.39 is 0 Å². The molecule has 0 aliphatic carbocycles. The number of carbonyl (C=O) groups excluding carboxylic acids is 1. The van der Waals surface area contributed by atoms with E-state index in [1.165, 1.54) is 32.6 Å². The predicted molar refractivity (Wildman–Crippen MR) is 96.3 cm³/mol. The van der Waals surface area contributed by atoms with Crippen molar-refractivity contribution in [3.63, 3.8) is 0 Å². The molecule has 1 rings (SSSR count). The summed E-state index contributed by atoms with van der Waals surface area (Å²) in [6.07, 6.45) is 6.55. The third-order valence-electron chi connectivity index (χ3n) is 2.81. The number of primary amides is 1. The van der Waals surface area contributed by atoms with Crippen LogP contribution in [-0.2, 0) is 11.2 Å². The first kappa shape index (κ1) is 23.1. The lowest BCUT2D eigenvalue weighted by atomic mass is 10.1. The van der Waals surface area contributed by atoms with Crippen molar-refractivity contribution in [2.75, 3.05) is 0 Å². The van der Waals surface area contributed by atoms with Crippen LogP contribution in [0.15, 0.2) is 18.2 Å². The van der Waals surface area contributed by atoms with Crippen molar-refractivity contribution < 1.29 is 9.90 Å². The fourth-order valence-electron chi connectivity index (χ4n) is 1.57. The Morgan fingerprint density at radius 1 is 1.27 bits per heavy atom. The van der Waals surface area contributed by atoms with E-state index >= 15 is 0 Å². The largest absolute Gasteiger partial charge is 0.506 e. The number of rotatable bonds is 5. The Morgan fingerprint density at radius 2 is 1.82 bits per heavy atom. The highest BCUT2D eigenvalue weighted by Crippen LogP contribution is 2.23. The molecule has 3 N–H and O–H groups in total. The summed E-state index contributed by atoms with van der Waals surface area (Å²) in [5.41, 5.74) is 5.61. The van der Waals surface area contributed by atoms with Gasteiger partial charge in [-0.05, 0) is 30.0 Å². The van der Waals surface area contributed by atoms with Gasteiger partial charge in [-0.25, -0.2) is 0 Å². The molecule has 0 aliphatic heterocycles. The lowest BCUT2D eigenvalue weighted by Crippen LogP contribution is -2.01. The van der Waals surface area contributed by atoms with Crippen molar-refractivity contribution in [2.24, 2.45) is 11.7 Å². The second-order valence-corrected chi connectivity index (χ2v) is 6.05. The van der Waals surface area contributed by atoms with Gasteiger partial charge in [-0.3, -0.25) is 4.79 Å². The van der Waals surface area contributed by atoms with Crippen LogP contribution < -0.4 is 5.73 Å². The first-order chi connectivity index (χ1) is 10.2. The summed E-state index contributed by atoms with van der Waals surface area (Å²) in [6.45, 7) is 10.2. The van der Waals surface area contributed by atoms with Crippen LogP contribution in [0.1, 0.15) is 65.9 Å². The van der Waals surface area contributed by atoms with E-state index in [0.717, 1.165) is 17.9 Å². The number of aryl methyl sites for hydroxylation is 1. The normalized spacial score (nSPS) is 9.41. The van der Waals surface area contributed by atoms with E-state index in [-0.39, 0.29) is 11.7 Å². The number of halogens is 1. The molecule has 0 atom stereocenters. The molecule has 0 heterocycles. The fourth-order valence-corrected chi connectivity index (χ4v) is 1.78. The second kappa shape index (κ2) is 14.7. The number of aromatic hydroxyl groups is 1. The zero-order valence-electron chi connectivity index (χ0n) is 14.7.